The highest BCUT2D eigenvalue weighted by Gasteiger charge is 2.20. The molecule has 0 amide bonds. The molecular formula is C13H11Br2NO3S. The van der Waals surface area contributed by atoms with Crippen LogP contribution in [0.4, 0.5) is 5.69 Å². The minimum Gasteiger partial charge on any atom is -0.493 e. The number of nitrogens with two attached hydrogens (primary N) is 1. The van der Waals surface area contributed by atoms with Crippen LogP contribution >= 0.6 is 43.2 Å². The molecule has 0 aliphatic carbocycles. The van der Waals surface area contributed by atoms with Gasteiger partial charge in [-0.1, -0.05) is 0 Å². The van der Waals surface area contributed by atoms with Crippen LogP contribution in [0.2, 0.25) is 0 Å². The predicted molar refractivity (Wildman–Crippen MR) is 87.1 cm³/mol. The fraction of sp³-hybridized carbons (Fsp3) is 0.154. The van der Waals surface area contributed by atoms with Gasteiger partial charge in [-0.3, -0.25) is 4.79 Å². The Morgan fingerprint density at radius 2 is 1.70 bits per heavy atom. The molecule has 2 rings (SSSR count). The topological polar surface area (TPSA) is 61.5 Å². The Balaban J connectivity index is 2.52. The molecule has 106 valence electrons. The van der Waals surface area contributed by atoms with E-state index in [1.54, 1.807) is 18.2 Å². The van der Waals surface area contributed by atoms with Crippen molar-refractivity contribution in [2.75, 3.05) is 20.0 Å². The van der Waals surface area contributed by atoms with Crippen LogP contribution in [0, 0.1) is 0 Å². The highest BCUT2D eigenvalue weighted by molar-refractivity contribution is 9.12. The first kappa shape index (κ1) is 15.3. The smallest absolute Gasteiger partial charge is 0.197 e. The number of hydrogen-bond donors (Lipinski definition) is 1. The summed E-state index contributed by atoms with van der Waals surface area (Å²) in [6.45, 7) is 0. The lowest BCUT2D eigenvalue weighted by Gasteiger charge is -2.11. The molecule has 0 aliphatic heterocycles. The highest BCUT2D eigenvalue weighted by Crippen LogP contribution is 2.37. The molecule has 0 saturated heterocycles. The van der Waals surface area contributed by atoms with Crippen molar-refractivity contribution < 1.29 is 14.3 Å². The Hall–Kier alpha value is -1.05. The summed E-state index contributed by atoms with van der Waals surface area (Å²) in [5, 5.41) is 0. The quantitative estimate of drug-likeness (QED) is 0.597. The molecule has 1 aromatic heterocycles. The largest absolute Gasteiger partial charge is 0.493 e. The number of methoxy groups -OCH3 is 2. The molecule has 0 radical (unpaired) electrons. The number of rotatable bonds is 4. The van der Waals surface area contributed by atoms with E-state index in [9.17, 15) is 4.79 Å². The second kappa shape index (κ2) is 6.15. The molecule has 2 aromatic rings. The number of halogens is 2. The fourth-order valence-electron chi connectivity index (χ4n) is 1.73. The van der Waals surface area contributed by atoms with Crippen molar-refractivity contribution in [2.24, 2.45) is 0 Å². The first-order chi connectivity index (χ1) is 9.47. The number of anilines is 1. The molecule has 1 heterocycles. The van der Waals surface area contributed by atoms with E-state index in [4.69, 9.17) is 15.2 Å². The highest BCUT2D eigenvalue weighted by atomic mass is 79.9. The SMILES string of the molecule is COc1cc(N)c(C(=O)c2cc(Br)sc2Br)cc1OC. The summed E-state index contributed by atoms with van der Waals surface area (Å²) < 4.78 is 12.0. The van der Waals surface area contributed by atoms with Crippen LogP contribution in [-0.4, -0.2) is 20.0 Å². The summed E-state index contributed by atoms with van der Waals surface area (Å²) >= 11 is 8.16. The van der Waals surface area contributed by atoms with Gasteiger partial charge in [-0.2, -0.15) is 0 Å². The zero-order chi connectivity index (χ0) is 14.9. The Morgan fingerprint density at radius 3 is 2.20 bits per heavy atom. The van der Waals surface area contributed by atoms with Gasteiger partial charge in [-0.05, 0) is 44.0 Å². The number of carbonyl (C=O) groups is 1. The van der Waals surface area contributed by atoms with E-state index < -0.39 is 0 Å². The van der Waals surface area contributed by atoms with Gasteiger partial charge >= 0.3 is 0 Å². The average Bonchev–Trinajstić information content (AvgIpc) is 2.76. The zero-order valence-corrected chi connectivity index (χ0v) is 14.7. The van der Waals surface area contributed by atoms with E-state index in [1.165, 1.54) is 25.6 Å². The first-order valence-corrected chi connectivity index (χ1v) is 7.89. The van der Waals surface area contributed by atoms with Crippen LogP contribution in [0.25, 0.3) is 0 Å². The third-order valence-corrected chi connectivity index (χ3v) is 5.04. The fourth-order valence-corrected chi connectivity index (χ4v) is 4.52. The van der Waals surface area contributed by atoms with Crippen LogP contribution in [0.5, 0.6) is 11.5 Å². The van der Waals surface area contributed by atoms with Gasteiger partial charge in [-0.15, -0.1) is 11.3 Å². The minimum absolute atomic E-state index is 0.169. The minimum atomic E-state index is -0.169. The lowest BCUT2D eigenvalue weighted by molar-refractivity contribution is 0.103. The zero-order valence-electron chi connectivity index (χ0n) is 10.7. The molecule has 2 N–H and O–H groups in total. The molecule has 7 heteroatoms. The van der Waals surface area contributed by atoms with Gasteiger partial charge in [0.1, 0.15) is 0 Å². The Kier molecular flexibility index (Phi) is 4.72. The third kappa shape index (κ3) is 2.84. The molecule has 0 fully saturated rings. The van der Waals surface area contributed by atoms with Crippen LogP contribution < -0.4 is 15.2 Å². The standard InChI is InChI=1S/C13H11Br2NO3S/c1-18-9-3-6(8(16)5-10(9)19-2)12(17)7-4-11(14)20-13(7)15/h3-5H,16H2,1-2H3. The van der Waals surface area contributed by atoms with Crippen molar-refractivity contribution in [3.8, 4) is 11.5 Å². The summed E-state index contributed by atoms with van der Waals surface area (Å²) in [6.07, 6.45) is 0. The van der Waals surface area contributed by atoms with Gasteiger partial charge in [0.25, 0.3) is 0 Å². The monoisotopic (exact) mass is 419 g/mol. The van der Waals surface area contributed by atoms with Crippen LogP contribution in [0.15, 0.2) is 25.8 Å². The number of hydrogen-bond acceptors (Lipinski definition) is 5. The number of thiophene rings is 1. The Bertz CT molecular complexity index is 670. The van der Waals surface area contributed by atoms with Crippen molar-refractivity contribution in [3.63, 3.8) is 0 Å². The molecule has 0 saturated carbocycles. The summed E-state index contributed by atoms with van der Waals surface area (Å²) in [6, 6.07) is 4.93. The number of ketones is 1. The number of nitrogen functional groups attached to an aromatic ring is 1. The van der Waals surface area contributed by atoms with Gasteiger partial charge in [0.15, 0.2) is 17.3 Å². The number of ether oxygens (including phenoxy) is 2. The second-order valence-corrected chi connectivity index (χ2v) is 7.61. The summed E-state index contributed by atoms with van der Waals surface area (Å²) in [5.74, 6) is 0.792. The molecule has 0 aliphatic rings. The van der Waals surface area contributed by atoms with Crippen LogP contribution in [0.1, 0.15) is 15.9 Å². The average molecular weight is 421 g/mol. The van der Waals surface area contributed by atoms with Crippen LogP contribution in [0.3, 0.4) is 0 Å². The summed E-state index contributed by atoms with van der Waals surface area (Å²) in [7, 11) is 3.03. The molecular weight excluding hydrogens is 410 g/mol. The Labute approximate surface area is 137 Å². The molecule has 0 unspecified atom stereocenters. The van der Waals surface area contributed by atoms with Crippen molar-refractivity contribution in [2.45, 2.75) is 0 Å². The van der Waals surface area contributed by atoms with E-state index in [0.717, 1.165) is 7.57 Å². The van der Waals surface area contributed by atoms with Gasteiger partial charge in [0, 0.05) is 22.9 Å². The van der Waals surface area contributed by atoms with E-state index >= 15 is 0 Å². The Morgan fingerprint density at radius 1 is 1.10 bits per heavy atom. The lowest BCUT2D eigenvalue weighted by atomic mass is 10.0. The van der Waals surface area contributed by atoms with Gasteiger partial charge < -0.3 is 15.2 Å². The maximum Gasteiger partial charge on any atom is 0.197 e. The van der Waals surface area contributed by atoms with Crippen LogP contribution in [-0.2, 0) is 0 Å². The molecule has 1 aromatic carbocycles. The normalized spacial score (nSPS) is 10.4. The lowest BCUT2D eigenvalue weighted by Crippen LogP contribution is -2.06. The van der Waals surface area contributed by atoms with Crippen molar-refractivity contribution in [3.05, 3.63) is 36.9 Å². The summed E-state index contributed by atoms with van der Waals surface area (Å²) in [4.78, 5) is 12.5. The first-order valence-electron chi connectivity index (χ1n) is 5.49. The van der Waals surface area contributed by atoms with E-state index in [0.29, 0.717) is 28.3 Å². The van der Waals surface area contributed by atoms with Gasteiger partial charge in [-0.25, -0.2) is 0 Å². The van der Waals surface area contributed by atoms with Crippen molar-refractivity contribution >= 4 is 54.7 Å². The molecule has 0 spiro atoms. The maximum absolute atomic E-state index is 12.5. The van der Waals surface area contributed by atoms with E-state index in [1.807, 2.05) is 0 Å². The maximum atomic E-state index is 12.5. The molecule has 20 heavy (non-hydrogen) atoms. The third-order valence-electron chi connectivity index (χ3n) is 2.70. The molecule has 0 bridgehead atoms. The van der Waals surface area contributed by atoms with E-state index in [-0.39, 0.29) is 5.78 Å². The number of benzene rings is 1. The summed E-state index contributed by atoms with van der Waals surface area (Å²) in [5.41, 5.74) is 7.22. The van der Waals surface area contributed by atoms with Gasteiger partial charge in [0.2, 0.25) is 0 Å². The predicted octanol–water partition coefficient (Wildman–Crippen LogP) is 4.10. The van der Waals surface area contributed by atoms with Crippen molar-refractivity contribution in [1.29, 1.82) is 0 Å². The van der Waals surface area contributed by atoms with Gasteiger partial charge in [0.05, 0.1) is 21.8 Å². The van der Waals surface area contributed by atoms with Crippen molar-refractivity contribution in [1.82, 2.24) is 0 Å². The second-order valence-electron chi connectivity index (χ2n) is 3.86. The molecule has 0 atom stereocenters. The van der Waals surface area contributed by atoms with E-state index in [2.05, 4.69) is 31.9 Å². The molecule has 4 nitrogen and oxygen atoms in total. The number of carbonyl (C=O) groups excluding carboxylic acids is 1.